The van der Waals surface area contributed by atoms with E-state index in [-0.39, 0.29) is 24.8 Å². The Kier molecular flexibility index (Phi) is 7.56. The number of hydrogen-bond donors (Lipinski definition) is 4. The zero-order chi connectivity index (χ0) is 27.4. The van der Waals surface area contributed by atoms with Crippen molar-refractivity contribution in [1.82, 2.24) is 26.3 Å². The largest absolute Gasteiger partial charge is 0.489 e. The van der Waals surface area contributed by atoms with E-state index in [4.69, 9.17) is 4.74 Å². The summed E-state index contributed by atoms with van der Waals surface area (Å²) in [6, 6.07) is 15.9. The second kappa shape index (κ2) is 11.2. The van der Waals surface area contributed by atoms with E-state index in [0.717, 1.165) is 22.2 Å². The van der Waals surface area contributed by atoms with Crippen molar-refractivity contribution in [3.05, 3.63) is 71.4 Å². The van der Waals surface area contributed by atoms with Crippen molar-refractivity contribution < 1.29 is 23.9 Å². The molecule has 0 bridgehead atoms. The number of fused-ring (bicyclic) bond motifs is 1. The van der Waals surface area contributed by atoms with Crippen LogP contribution in [-0.2, 0) is 16.2 Å². The molecule has 0 atom stereocenters. The van der Waals surface area contributed by atoms with Crippen LogP contribution in [0.2, 0.25) is 0 Å². The lowest BCUT2D eigenvalue weighted by atomic mass is 9.66. The van der Waals surface area contributed by atoms with Gasteiger partial charge >= 0.3 is 6.03 Å². The summed E-state index contributed by atoms with van der Waals surface area (Å²) < 4.78 is 5.98. The third-order valence-corrected chi connectivity index (χ3v) is 7.55. The topological polar surface area (TPSA) is 139 Å². The lowest BCUT2D eigenvalue weighted by Gasteiger charge is -2.42. The fourth-order valence-electron chi connectivity index (χ4n) is 5.53. The highest BCUT2D eigenvalue weighted by atomic mass is 16.5. The summed E-state index contributed by atoms with van der Waals surface area (Å²) in [5, 5.41) is 11.6. The Hall–Kier alpha value is -4.31. The van der Waals surface area contributed by atoms with Crippen LogP contribution in [0.15, 0.2) is 54.6 Å². The SMILES string of the molecule is Cc1cc(COc2ccc(C(=O)NCCC3(C4CCNCC4)C(=O)NC(=O)NC3=O)cc2)c2ccccc2n1. The molecule has 10 nitrogen and oxygen atoms in total. The normalized spacial score (nSPS) is 17.4. The maximum atomic E-state index is 12.9. The van der Waals surface area contributed by atoms with Crippen LogP contribution in [0.5, 0.6) is 5.75 Å². The molecule has 39 heavy (non-hydrogen) atoms. The first-order chi connectivity index (χ1) is 18.9. The van der Waals surface area contributed by atoms with Gasteiger partial charge in [0.1, 0.15) is 17.8 Å². The molecule has 2 aliphatic heterocycles. The number of nitrogens with zero attached hydrogens (tertiary/aromatic N) is 1. The van der Waals surface area contributed by atoms with E-state index < -0.39 is 23.3 Å². The number of urea groups is 1. The van der Waals surface area contributed by atoms with Crippen LogP contribution < -0.4 is 26.0 Å². The molecular formula is C29H31N5O5. The predicted molar refractivity (Wildman–Crippen MR) is 144 cm³/mol. The van der Waals surface area contributed by atoms with Crippen molar-refractivity contribution >= 4 is 34.7 Å². The third kappa shape index (κ3) is 5.46. The van der Waals surface area contributed by atoms with Crippen molar-refractivity contribution in [2.24, 2.45) is 11.3 Å². The van der Waals surface area contributed by atoms with Gasteiger partial charge in [-0.2, -0.15) is 0 Å². The molecule has 2 saturated heterocycles. The zero-order valence-corrected chi connectivity index (χ0v) is 21.7. The van der Waals surface area contributed by atoms with Crippen LogP contribution in [0.25, 0.3) is 10.9 Å². The number of benzene rings is 2. The van der Waals surface area contributed by atoms with Gasteiger partial charge in [0, 0.05) is 28.8 Å². The van der Waals surface area contributed by atoms with Gasteiger partial charge in [-0.3, -0.25) is 30.0 Å². The lowest BCUT2D eigenvalue weighted by Crippen LogP contribution is -2.66. The van der Waals surface area contributed by atoms with Crippen LogP contribution in [0.4, 0.5) is 4.79 Å². The molecule has 2 fully saturated rings. The minimum Gasteiger partial charge on any atom is -0.489 e. The van der Waals surface area contributed by atoms with Crippen molar-refractivity contribution in [2.75, 3.05) is 19.6 Å². The second-order valence-electron chi connectivity index (χ2n) is 9.99. The number of ether oxygens (including phenoxy) is 1. The molecule has 5 amide bonds. The molecule has 0 radical (unpaired) electrons. The van der Waals surface area contributed by atoms with Gasteiger partial charge in [0.2, 0.25) is 11.8 Å². The van der Waals surface area contributed by atoms with Crippen LogP contribution in [-0.4, -0.2) is 48.4 Å². The first-order valence-electron chi connectivity index (χ1n) is 13.1. The van der Waals surface area contributed by atoms with Crippen molar-refractivity contribution in [1.29, 1.82) is 0 Å². The average Bonchev–Trinajstić information content (AvgIpc) is 2.94. The van der Waals surface area contributed by atoms with E-state index in [9.17, 15) is 19.2 Å². The molecule has 2 aromatic carbocycles. The number of amides is 5. The Labute approximate surface area is 225 Å². The summed E-state index contributed by atoms with van der Waals surface area (Å²) >= 11 is 0. The fraction of sp³-hybridized carbons (Fsp3) is 0.345. The van der Waals surface area contributed by atoms with Crippen molar-refractivity contribution in [3.63, 3.8) is 0 Å². The van der Waals surface area contributed by atoms with E-state index in [1.54, 1.807) is 24.3 Å². The number of aromatic nitrogens is 1. The third-order valence-electron chi connectivity index (χ3n) is 7.55. The molecule has 1 aromatic heterocycles. The minimum atomic E-state index is -1.41. The molecule has 0 spiro atoms. The van der Waals surface area contributed by atoms with Crippen molar-refractivity contribution in [3.8, 4) is 5.75 Å². The number of para-hydroxylation sites is 1. The number of aryl methyl sites for hydroxylation is 1. The fourth-order valence-corrected chi connectivity index (χ4v) is 5.53. The van der Waals surface area contributed by atoms with Crippen LogP contribution in [0.1, 0.15) is 40.9 Å². The molecule has 5 rings (SSSR count). The van der Waals surface area contributed by atoms with Gasteiger partial charge < -0.3 is 15.4 Å². The summed E-state index contributed by atoms with van der Waals surface area (Å²) in [6.07, 6.45) is 1.34. The van der Waals surface area contributed by atoms with Crippen molar-refractivity contribution in [2.45, 2.75) is 32.8 Å². The Morgan fingerprint density at radius 3 is 2.44 bits per heavy atom. The predicted octanol–water partition coefficient (Wildman–Crippen LogP) is 2.59. The van der Waals surface area contributed by atoms with E-state index in [1.807, 2.05) is 37.3 Å². The summed E-state index contributed by atoms with van der Waals surface area (Å²) in [5.41, 5.74) is 1.88. The first-order valence-corrected chi connectivity index (χ1v) is 13.1. The summed E-state index contributed by atoms with van der Waals surface area (Å²) in [6.45, 7) is 3.77. The maximum absolute atomic E-state index is 12.9. The van der Waals surface area contributed by atoms with Crippen LogP contribution in [0.3, 0.4) is 0 Å². The maximum Gasteiger partial charge on any atom is 0.328 e. The number of hydrogen-bond acceptors (Lipinski definition) is 7. The van der Waals surface area contributed by atoms with E-state index in [0.29, 0.717) is 43.9 Å². The lowest BCUT2D eigenvalue weighted by molar-refractivity contribution is -0.150. The molecule has 0 saturated carbocycles. The molecule has 3 aromatic rings. The summed E-state index contributed by atoms with van der Waals surface area (Å²) in [4.78, 5) is 54.9. The van der Waals surface area contributed by atoms with Gasteiger partial charge in [-0.15, -0.1) is 0 Å². The summed E-state index contributed by atoms with van der Waals surface area (Å²) in [5.74, 6) is -1.14. The first kappa shape index (κ1) is 26.3. The van der Waals surface area contributed by atoms with Crippen LogP contribution in [0, 0.1) is 18.3 Å². The van der Waals surface area contributed by atoms with E-state index >= 15 is 0 Å². The number of barbiturate groups is 1. The van der Waals surface area contributed by atoms with Gasteiger partial charge in [0.25, 0.3) is 5.91 Å². The van der Waals surface area contributed by atoms with E-state index in [1.165, 1.54) is 0 Å². The number of pyridine rings is 1. The molecule has 0 aliphatic carbocycles. The Balaban J connectivity index is 1.20. The number of nitrogens with one attached hydrogen (secondary N) is 4. The number of rotatable bonds is 8. The highest BCUT2D eigenvalue weighted by Gasteiger charge is 2.54. The van der Waals surface area contributed by atoms with Gasteiger partial charge in [-0.25, -0.2) is 4.79 Å². The monoisotopic (exact) mass is 529 g/mol. The van der Waals surface area contributed by atoms with Gasteiger partial charge in [0.15, 0.2) is 0 Å². The zero-order valence-electron chi connectivity index (χ0n) is 21.7. The molecule has 0 unspecified atom stereocenters. The second-order valence-corrected chi connectivity index (χ2v) is 9.99. The van der Waals surface area contributed by atoms with Gasteiger partial charge in [-0.1, -0.05) is 18.2 Å². The number of piperidine rings is 1. The molecule has 202 valence electrons. The molecule has 10 heteroatoms. The Bertz CT molecular complexity index is 1400. The minimum absolute atomic E-state index is 0.0921. The Morgan fingerprint density at radius 1 is 1.03 bits per heavy atom. The number of carbonyl (C=O) groups is 4. The molecular weight excluding hydrogens is 498 g/mol. The van der Waals surface area contributed by atoms with Gasteiger partial charge in [0.05, 0.1) is 5.52 Å². The summed E-state index contributed by atoms with van der Waals surface area (Å²) in [7, 11) is 0. The van der Waals surface area contributed by atoms with E-state index in [2.05, 4.69) is 26.3 Å². The highest BCUT2D eigenvalue weighted by Crippen LogP contribution is 2.39. The number of imide groups is 2. The molecule has 2 aliphatic rings. The highest BCUT2D eigenvalue weighted by molar-refractivity contribution is 6.19. The smallest absolute Gasteiger partial charge is 0.328 e. The Morgan fingerprint density at radius 2 is 1.72 bits per heavy atom. The molecule has 3 heterocycles. The standard InChI is InChI=1S/C29H31N5O5/c1-18-16-20(23-4-2-3-5-24(23)32-18)17-39-22-8-6-19(7-9-22)25(35)31-15-12-29(21-10-13-30-14-11-21)26(36)33-28(38)34-27(29)37/h2-9,16,21,30H,10-15,17H2,1H3,(H,31,35)(H2,33,34,36,37,38). The molecule has 4 N–H and O–H groups in total. The quantitative estimate of drug-likeness (QED) is 0.329. The van der Waals surface area contributed by atoms with Gasteiger partial charge in [-0.05, 0) is 81.6 Å². The van der Waals surface area contributed by atoms with Crippen LogP contribution >= 0.6 is 0 Å². The average molecular weight is 530 g/mol. The number of carbonyl (C=O) groups excluding carboxylic acids is 4.